The number of rotatable bonds is 8. The molecule has 0 spiro atoms. The lowest BCUT2D eigenvalue weighted by atomic mass is 10.0. The number of imide groups is 2. The molecule has 0 aliphatic carbocycles. The largest absolute Gasteiger partial charge is 0.444 e. The van der Waals surface area contributed by atoms with Gasteiger partial charge in [-0.3, -0.25) is 29.4 Å². The Morgan fingerprint density at radius 3 is 2.53 bits per heavy atom. The van der Waals surface area contributed by atoms with Crippen LogP contribution in [0.3, 0.4) is 0 Å². The van der Waals surface area contributed by atoms with E-state index in [9.17, 15) is 24.0 Å². The lowest BCUT2D eigenvalue weighted by molar-refractivity contribution is -0.136. The number of fused-ring (bicyclic) bond motifs is 1. The molecular weight excluding hydrogens is 462 g/mol. The summed E-state index contributed by atoms with van der Waals surface area (Å²) in [6.45, 7) is 6.06. The van der Waals surface area contributed by atoms with Crippen molar-refractivity contribution in [2.45, 2.75) is 83.8 Å². The first-order chi connectivity index (χ1) is 17.1. The van der Waals surface area contributed by atoms with Gasteiger partial charge in [-0.25, -0.2) is 4.79 Å². The summed E-state index contributed by atoms with van der Waals surface area (Å²) < 4.78 is 5.19. The molecule has 0 saturated carbocycles. The van der Waals surface area contributed by atoms with Gasteiger partial charge in [-0.15, -0.1) is 0 Å². The molecule has 1 unspecified atom stereocenters. The second kappa shape index (κ2) is 11.8. The lowest BCUT2D eigenvalue weighted by Crippen LogP contribution is -2.54. The first-order valence-corrected chi connectivity index (χ1v) is 12.4. The number of carbonyl (C=O) groups is 5. The van der Waals surface area contributed by atoms with E-state index >= 15 is 0 Å². The fourth-order valence-electron chi connectivity index (χ4n) is 4.15. The number of nitrogens with zero attached hydrogens (tertiary/aromatic N) is 1. The van der Waals surface area contributed by atoms with Crippen LogP contribution in [-0.2, 0) is 14.3 Å². The van der Waals surface area contributed by atoms with Crippen LogP contribution >= 0.6 is 0 Å². The maximum Gasteiger partial charge on any atom is 0.407 e. The van der Waals surface area contributed by atoms with Crippen molar-refractivity contribution in [3.8, 4) is 11.8 Å². The number of carbonyl (C=O) groups excluding carboxylic acids is 5. The Labute approximate surface area is 211 Å². The van der Waals surface area contributed by atoms with E-state index in [-0.39, 0.29) is 24.0 Å². The van der Waals surface area contributed by atoms with Crippen LogP contribution in [0.4, 0.5) is 4.79 Å². The van der Waals surface area contributed by atoms with Crippen molar-refractivity contribution in [2.24, 2.45) is 0 Å². The highest BCUT2D eigenvalue weighted by Gasteiger charge is 2.45. The zero-order valence-electron chi connectivity index (χ0n) is 21.1. The lowest BCUT2D eigenvalue weighted by Gasteiger charge is -2.27. The van der Waals surface area contributed by atoms with E-state index in [2.05, 4.69) is 22.5 Å². The van der Waals surface area contributed by atoms with Gasteiger partial charge in [0, 0.05) is 24.9 Å². The standard InChI is InChI=1S/C27H33N3O6/c1-27(2,3)36-26(35)28-17-10-8-6-4-5-7-9-12-18-13-11-14-19-22(18)25(34)30(24(19)33)20-15-16-21(31)29-23(20)32/h11,13-14,20H,4-8,10,15-17H2,1-3H3,(H,28,35)(H,29,31,32). The Hall–Kier alpha value is -3.67. The molecule has 0 radical (unpaired) electrons. The minimum atomic E-state index is -0.991. The van der Waals surface area contributed by atoms with E-state index in [1.54, 1.807) is 18.2 Å². The van der Waals surface area contributed by atoms with E-state index in [4.69, 9.17) is 4.74 Å². The van der Waals surface area contributed by atoms with Crippen molar-refractivity contribution in [1.82, 2.24) is 15.5 Å². The Morgan fingerprint density at radius 2 is 1.81 bits per heavy atom. The topological polar surface area (TPSA) is 122 Å². The molecule has 1 atom stereocenters. The Morgan fingerprint density at radius 1 is 1.08 bits per heavy atom. The Kier molecular flexibility index (Phi) is 8.86. The second-order valence-corrected chi connectivity index (χ2v) is 9.92. The van der Waals surface area contributed by atoms with Crippen LogP contribution in [0.15, 0.2) is 18.2 Å². The normalized spacial score (nSPS) is 17.3. The molecule has 192 valence electrons. The van der Waals surface area contributed by atoms with Crippen LogP contribution in [0, 0.1) is 11.8 Å². The zero-order valence-corrected chi connectivity index (χ0v) is 21.1. The average molecular weight is 496 g/mol. The third kappa shape index (κ3) is 6.94. The van der Waals surface area contributed by atoms with Gasteiger partial charge in [0.2, 0.25) is 11.8 Å². The molecule has 0 aromatic heterocycles. The summed E-state index contributed by atoms with van der Waals surface area (Å²) in [6, 6.07) is 3.94. The molecule has 2 aliphatic rings. The van der Waals surface area contributed by atoms with Crippen LogP contribution < -0.4 is 10.6 Å². The molecular formula is C27H33N3O6. The van der Waals surface area contributed by atoms with Crippen molar-refractivity contribution in [3.63, 3.8) is 0 Å². The molecule has 1 saturated heterocycles. The van der Waals surface area contributed by atoms with E-state index in [0.717, 1.165) is 37.0 Å². The zero-order chi connectivity index (χ0) is 26.3. The van der Waals surface area contributed by atoms with Gasteiger partial charge >= 0.3 is 6.09 Å². The molecule has 2 N–H and O–H groups in total. The predicted molar refractivity (Wildman–Crippen MR) is 132 cm³/mol. The highest BCUT2D eigenvalue weighted by atomic mass is 16.6. The summed E-state index contributed by atoms with van der Waals surface area (Å²) in [5.74, 6) is 3.98. The second-order valence-electron chi connectivity index (χ2n) is 9.92. The van der Waals surface area contributed by atoms with Gasteiger partial charge in [0.05, 0.1) is 11.1 Å². The van der Waals surface area contributed by atoms with Gasteiger partial charge < -0.3 is 10.1 Å². The molecule has 3 rings (SSSR count). The fraction of sp³-hybridized carbons (Fsp3) is 0.519. The quantitative estimate of drug-likeness (QED) is 0.324. The summed E-state index contributed by atoms with van der Waals surface area (Å²) in [5.41, 5.74) is 0.420. The molecule has 9 heteroatoms. The number of ether oxygens (including phenoxy) is 1. The average Bonchev–Trinajstić information content (AvgIpc) is 3.05. The van der Waals surface area contributed by atoms with Gasteiger partial charge in [0.15, 0.2) is 0 Å². The van der Waals surface area contributed by atoms with Crippen molar-refractivity contribution >= 4 is 29.7 Å². The van der Waals surface area contributed by atoms with Crippen LogP contribution in [0.5, 0.6) is 0 Å². The van der Waals surface area contributed by atoms with Gasteiger partial charge in [-0.1, -0.05) is 37.2 Å². The summed E-state index contributed by atoms with van der Waals surface area (Å²) in [6.07, 6.45) is 5.23. The van der Waals surface area contributed by atoms with E-state index in [0.29, 0.717) is 18.5 Å². The summed E-state index contributed by atoms with van der Waals surface area (Å²) >= 11 is 0. The number of alkyl carbamates (subject to hydrolysis) is 1. The highest BCUT2D eigenvalue weighted by molar-refractivity contribution is 6.24. The highest BCUT2D eigenvalue weighted by Crippen LogP contribution is 2.29. The van der Waals surface area contributed by atoms with Crippen LogP contribution in [0.2, 0.25) is 0 Å². The van der Waals surface area contributed by atoms with E-state index < -0.39 is 41.4 Å². The third-order valence-corrected chi connectivity index (χ3v) is 5.84. The summed E-state index contributed by atoms with van der Waals surface area (Å²) in [5, 5.41) is 4.94. The molecule has 0 bridgehead atoms. The summed E-state index contributed by atoms with van der Waals surface area (Å²) in [4.78, 5) is 62.1. The minimum absolute atomic E-state index is 0.0801. The first-order valence-electron chi connectivity index (χ1n) is 12.4. The third-order valence-electron chi connectivity index (χ3n) is 5.84. The van der Waals surface area contributed by atoms with Gasteiger partial charge in [-0.2, -0.15) is 0 Å². The number of unbranched alkanes of at least 4 members (excludes halogenated alkanes) is 5. The molecule has 1 aromatic carbocycles. The monoisotopic (exact) mass is 495 g/mol. The molecule has 9 nitrogen and oxygen atoms in total. The van der Waals surface area contributed by atoms with Crippen molar-refractivity contribution in [1.29, 1.82) is 0 Å². The van der Waals surface area contributed by atoms with Crippen molar-refractivity contribution in [2.75, 3.05) is 6.54 Å². The van der Waals surface area contributed by atoms with Gasteiger partial charge in [0.25, 0.3) is 11.8 Å². The minimum Gasteiger partial charge on any atom is -0.444 e. The maximum absolute atomic E-state index is 13.1. The molecule has 5 amide bonds. The molecule has 1 aromatic rings. The fourth-order valence-corrected chi connectivity index (χ4v) is 4.15. The first kappa shape index (κ1) is 26.9. The molecule has 1 fully saturated rings. The van der Waals surface area contributed by atoms with Crippen LogP contribution in [0.25, 0.3) is 0 Å². The number of piperidine rings is 1. The number of hydrogen-bond acceptors (Lipinski definition) is 6. The van der Waals surface area contributed by atoms with Crippen molar-refractivity contribution < 1.29 is 28.7 Å². The van der Waals surface area contributed by atoms with Crippen molar-refractivity contribution in [3.05, 3.63) is 34.9 Å². The van der Waals surface area contributed by atoms with Gasteiger partial charge in [0.1, 0.15) is 11.6 Å². The van der Waals surface area contributed by atoms with Gasteiger partial charge in [-0.05, 0) is 52.2 Å². The predicted octanol–water partition coefficient (Wildman–Crippen LogP) is 3.30. The molecule has 2 aliphatic heterocycles. The maximum atomic E-state index is 13.1. The molecule has 2 heterocycles. The molecule has 36 heavy (non-hydrogen) atoms. The van der Waals surface area contributed by atoms with E-state index in [1.807, 2.05) is 20.8 Å². The van der Waals surface area contributed by atoms with E-state index in [1.165, 1.54) is 0 Å². The SMILES string of the molecule is CC(C)(C)OC(=O)NCCCCCCCC#Cc1cccc2c1C(=O)N(C1CCC(=O)NC1=O)C2=O. The number of amides is 5. The Bertz CT molecular complexity index is 1110. The number of hydrogen-bond donors (Lipinski definition) is 2. The smallest absolute Gasteiger partial charge is 0.407 e. The van der Waals surface area contributed by atoms with Crippen LogP contribution in [-0.4, -0.2) is 52.8 Å². The summed E-state index contributed by atoms with van der Waals surface area (Å²) in [7, 11) is 0. The number of nitrogens with one attached hydrogen (secondary N) is 2. The Balaban J connectivity index is 1.44. The number of benzene rings is 1. The van der Waals surface area contributed by atoms with Crippen LogP contribution in [0.1, 0.15) is 98.4 Å².